The summed E-state index contributed by atoms with van der Waals surface area (Å²) in [4.78, 5) is 30.1. The van der Waals surface area contributed by atoms with Crippen LogP contribution >= 0.6 is 0 Å². The Hall–Kier alpha value is -3.12. The van der Waals surface area contributed by atoms with Gasteiger partial charge in [-0.1, -0.05) is 48.5 Å². The Morgan fingerprint density at radius 1 is 0.933 bits per heavy atom. The molecule has 2 aromatic rings. The van der Waals surface area contributed by atoms with Gasteiger partial charge in [0.25, 0.3) is 11.8 Å². The average Bonchev–Trinajstić information content (AvgIpc) is 3.02. The molecule has 0 spiro atoms. The molecule has 0 saturated carbocycles. The van der Waals surface area contributed by atoms with Crippen molar-refractivity contribution in [3.05, 3.63) is 71.4 Å². The topological polar surface area (TPSA) is 59.1 Å². The van der Waals surface area contributed by atoms with Crippen molar-refractivity contribution >= 4 is 17.4 Å². The molecule has 0 radical (unpaired) electrons. The fraction of sp³-hybridized carbons (Fsp3) is 0.333. The molecule has 0 aromatic heterocycles. The summed E-state index contributed by atoms with van der Waals surface area (Å²) in [6.45, 7) is 3.92. The van der Waals surface area contributed by atoms with Gasteiger partial charge in [0.1, 0.15) is 11.4 Å². The average molecular weight is 408 g/mol. The highest BCUT2D eigenvalue weighted by molar-refractivity contribution is 6.36. The van der Waals surface area contributed by atoms with Gasteiger partial charge < -0.3 is 14.4 Å². The maximum absolute atomic E-state index is 13.4. The van der Waals surface area contributed by atoms with Crippen molar-refractivity contribution < 1.29 is 19.1 Å². The lowest BCUT2D eigenvalue weighted by atomic mass is 10.0. The Labute approximate surface area is 177 Å². The number of nitrogens with zero attached hydrogens (tertiary/aromatic N) is 2. The first-order valence-electron chi connectivity index (χ1n) is 10.1. The number of imide groups is 1. The molecule has 2 amide bonds. The van der Waals surface area contributed by atoms with Crippen LogP contribution in [0.5, 0.6) is 5.75 Å². The number of benzene rings is 2. The number of carbonyl (C=O) groups is 2. The lowest BCUT2D eigenvalue weighted by molar-refractivity contribution is -0.137. The van der Waals surface area contributed by atoms with Crippen LogP contribution in [0.15, 0.2) is 60.3 Å². The Bertz CT molecular complexity index is 924. The van der Waals surface area contributed by atoms with E-state index in [9.17, 15) is 9.59 Å². The minimum atomic E-state index is -0.290. The third-order valence-corrected chi connectivity index (χ3v) is 5.16. The first kappa shape index (κ1) is 21.6. The first-order chi connectivity index (χ1) is 14.6. The number of para-hydroxylation sites is 1. The first-order valence-corrected chi connectivity index (χ1v) is 10.1. The molecule has 3 rings (SSSR count). The predicted molar refractivity (Wildman–Crippen MR) is 116 cm³/mol. The molecule has 0 fully saturated rings. The summed E-state index contributed by atoms with van der Waals surface area (Å²) in [6, 6.07) is 17.3. The van der Waals surface area contributed by atoms with Gasteiger partial charge in [-0.3, -0.25) is 14.5 Å². The number of amides is 2. The van der Waals surface area contributed by atoms with Crippen molar-refractivity contribution in [2.45, 2.75) is 19.9 Å². The van der Waals surface area contributed by atoms with Crippen molar-refractivity contribution in [2.75, 3.05) is 33.9 Å². The number of rotatable bonds is 10. The number of carbonyl (C=O) groups excluding carboxylic acids is 2. The number of hydrogen-bond donors (Lipinski definition) is 0. The van der Waals surface area contributed by atoms with Crippen molar-refractivity contribution in [2.24, 2.45) is 0 Å². The smallest absolute Gasteiger partial charge is 0.277 e. The van der Waals surface area contributed by atoms with E-state index < -0.39 is 0 Å². The van der Waals surface area contributed by atoms with E-state index >= 15 is 0 Å². The largest absolute Gasteiger partial charge is 0.496 e. The van der Waals surface area contributed by atoms with E-state index in [0.29, 0.717) is 55.2 Å². The van der Waals surface area contributed by atoms with Crippen molar-refractivity contribution in [1.29, 1.82) is 0 Å². The van der Waals surface area contributed by atoms with Crippen LogP contribution in [0.1, 0.15) is 24.5 Å². The van der Waals surface area contributed by atoms with Crippen LogP contribution in [0.4, 0.5) is 0 Å². The summed E-state index contributed by atoms with van der Waals surface area (Å²) in [7, 11) is 3.18. The van der Waals surface area contributed by atoms with Crippen molar-refractivity contribution in [1.82, 2.24) is 9.80 Å². The molecule has 2 aromatic carbocycles. The van der Waals surface area contributed by atoms with E-state index in [1.807, 2.05) is 60.4 Å². The van der Waals surface area contributed by atoms with E-state index in [-0.39, 0.29) is 11.8 Å². The van der Waals surface area contributed by atoms with Gasteiger partial charge >= 0.3 is 0 Å². The molecule has 1 aliphatic rings. The summed E-state index contributed by atoms with van der Waals surface area (Å²) >= 11 is 0. The van der Waals surface area contributed by atoms with Gasteiger partial charge in [0.05, 0.1) is 12.7 Å². The summed E-state index contributed by atoms with van der Waals surface area (Å²) in [6.07, 6.45) is 0.589. The predicted octanol–water partition coefficient (Wildman–Crippen LogP) is 3.33. The van der Waals surface area contributed by atoms with E-state index in [2.05, 4.69) is 0 Å². The summed E-state index contributed by atoms with van der Waals surface area (Å²) in [5.41, 5.74) is 2.53. The van der Waals surface area contributed by atoms with Crippen LogP contribution in [0.25, 0.3) is 5.57 Å². The quantitative estimate of drug-likeness (QED) is 0.446. The zero-order valence-corrected chi connectivity index (χ0v) is 17.8. The highest BCUT2D eigenvalue weighted by Gasteiger charge is 2.41. The van der Waals surface area contributed by atoms with Crippen LogP contribution in [0, 0.1) is 0 Å². The number of hydrogen-bond acceptors (Lipinski definition) is 5. The standard InChI is InChI=1S/C24H28N2O4/c1-4-25(17-18-11-6-5-7-12-18)22-21(19-13-8-9-14-20(19)30-3)23(27)26(24(22)28)15-10-16-29-2/h5-9,11-14H,4,10,15-17H2,1-3H3. The second-order valence-corrected chi connectivity index (χ2v) is 7.03. The molecule has 30 heavy (non-hydrogen) atoms. The molecule has 6 heteroatoms. The highest BCUT2D eigenvalue weighted by atomic mass is 16.5. The SMILES string of the molecule is CCN(Cc1ccccc1)C1=C(c2ccccc2OC)C(=O)N(CCCOC)C1=O. The molecule has 1 aliphatic heterocycles. The number of likely N-dealkylation sites (N-methyl/N-ethyl adjacent to an activating group) is 1. The zero-order chi connectivity index (χ0) is 21.5. The van der Waals surface area contributed by atoms with Gasteiger partial charge in [0, 0.05) is 38.9 Å². The van der Waals surface area contributed by atoms with Gasteiger partial charge in [-0.15, -0.1) is 0 Å². The van der Waals surface area contributed by atoms with Crippen LogP contribution < -0.4 is 4.74 Å². The summed E-state index contributed by atoms with van der Waals surface area (Å²) in [5, 5.41) is 0. The normalized spacial score (nSPS) is 13.9. The molecule has 0 unspecified atom stereocenters. The molecule has 0 atom stereocenters. The Morgan fingerprint density at radius 3 is 2.30 bits per heavy atom. The van der Waals surface area contributed by atoms with Crippen LogP contribution in [-0.2, 0) is 20.9 Å². The minimum Gasteiger partial charge on any atom is -0.496 e. The maximum Gasteiger partial charge on any atom is 0.277 e. The third-order valence-electron chi connectivity index (χ3n) is 5.16. The van der Waals surface area contributed by atoms with E-state index in [4.69, 9.17) is 9.47 Å². The lowest BCUT2D eigenvalue weighted by Gasteiger charge is -2.25. The van der Waals surface area contributed by atoms with Gasteiger partial charge in [-0.2, -0.15) is 0 Å². The fourth-order valence-electron chi connectivity index (χ4n) is 3.67. The van der Waals surface area contributed by atoms with E-state index in [0.717, 1.165) is 5.56 Å². The van der Waals surface area contributed by atoms with Crippen molar-refractivity contribution in [3.8, 4) is 5.75 Å². The van der Waals surface area contributed by atoms with Gasteiger partial charge in [0.2, 0.25) is 0 Å². The second kappa shape index (κ2) is 10.1. The molecule has 158 valence electrons. The summed E-state index contributed by atoms with van der Waals surface area (Å²) < 4.78 is 10.6. The minimum absolute atomic E-state index is 0.269. The molecule has 0 saturated heterocycles. The second-order valence-electron chi connectivity index (χ2n) is 7.03. The summed E-state index contributed by atoms with van der Waals surface area (Å²) in [5.74, 6) is 0.0116. The third kappa shape index (κ3) is 4.39. The van der Waals surface area contributed by atoms with Crippen LogP contribution in [0.3, 0.4) is 0 Å². The van der Waals surface area contributed by atoms with Gasteiger partial charge in [-0.25, -0.2) is 0 Å². The molecule has 0 aliphatic carbocycles. The van der Waals surface area contributed by atoms with Gasteiger partial charge in [0.15, 0.2) is 0 Å². The molecule has 0 bridgehead atoms. The molecule has 6 nitrogen and oxygen atoms in total. The lowest BCUT2D eigenvalue weighted by Crippen LogP contribution is -2.36. The fourth-order valence-corrected chi connectivity index (χ4v) is 3.67. The van der Waals surface area contributed by atoms with Crippen LogP contribution in [0.2, 0.25) is 0 Å². The van der Waals surface area contributed by atoms with Gasteiger partial charge in [-0.05, 0) is 25.0 Å². The van der Waals surface area contributed by atoms with Crippen LogP contribution in [-0.4, -0.2) is 55.5 Å². The molecule has 1 heterocycles. The highest BCUT2D eigenvalue weighted by Crippen LogP contribution is 2.36. The Balaban J connectivity index is 2.06. The Kier molecular flexibility index (Phi) is 7.25. The molecular formula is C24H28N2O4. The molecular weight excluding hydrogens is 380 g/mol. The van der Waals surface area contributed by atoms with E-state index in [1.165, 1.54) is 4.90 Å². The monoisotopic (exact) mass is 408 g/mol. The maximum atomic E-state index is 13.4. The number of methoxy groups -OCH3 is 2. The Morgan fingerprint density at radius 2 is 1.63 bits per heavy atom. The number of ether oxygens (including phenoxy) is 2. The molecule has 0 N–H and O–H groups in total. The van der Waals surface area contributed by atoms with Crippen molar-refractivity contribution in [3.63, 3.8) is 0 Å². The zero-order valence-electron chi connectivity index (χ0n) is 17.8. The van der Waals surface area contributed by atoms with E-state index in [1.54, 1.807) is 20.3 Å².